The fraction of sp³-hybridized carbons (Fsp3) is 0.750. The summed E-state index contributed by atoms with van der Waals surface area (Å²) in [6.45, 7) is 4.23. The van der Waals surface area contributed by atoms with Crippen molar-refractivity contribution in [2.45, 2.75) is 69.9 Å². The van der Waals surface area contributed by atoms with Crippen LogP contribution in [-0.2, 0) is 18.2 Å². The number of ether oxygens (including phenoxy) is 1. The van der Waals surface area contributed by atoms with Crippen molar-refractivity contribution < 1.29 is 9.53 Å². The molecule has 0 radical (unpaired) electrons. The summed E-state index contributed by atoms with van der Waals surface area (Å²) < 4.78 is 8.30. The van der Waals surface area contributed by atoms with Crippen molar-refractivity contribution in [2.24, 2.45) is 7.05 Å². The first-order chi connectivity index (χ1) is 12.1. The van der Waals surface area contributed by atoms with Crippen molar-refractivity contribution in [2.75, 3.05) is 19.7 Å². The number of hydrogen-bond donors (Lipinski definition) is 1. The maximum absolute atomic E-state index is 12.7. The first-order valence-corrected chi connectivity index (χ1v) is 9.88. The summed E-state index contributed by atoms with van der Waals surface area (Å²) >= 11 is 0. The van der Waals surface area contributed by atoms with Crippen molar-refractivity contribution in [3.63, 3.8) is 0 Å². The molecule has 25 heavy (non-hydrogen) atoms. The predicted octanol–water partition coefficient (Wildman–Crippen LogP) is 3.48. The number of amides is 2. The van der Waals surface area contributed by atoms with Crippen molar-refractivity contribution in [1.29, 1.82) is 0 Å². The van der Waals surface area contributed by atoms with E-state index in [-0.39, 0.29) is 17.7 Å². The van der Waals surface area contributed by atoms with Gasteiger partial charge in [-0.3, -0.25) is 0 Å². The van der Waals surface area contributed by atoms with Crippen LogP contribution in [0.5, 0.6) is 0 Å². The van der Waals surface area contributed by atoms with Crippen molar-refractivity contribution in [3.8, 4) is 0 Å². The monoisotopic (exact) mass is 347 g/mol. The molecule has 1 aromatic heterocycles. The van der Waals surface area contributed by atoms with Crippen LogP contribution in [-0.4, -0.2) is 46.8 Å². The Morgan fingerprint density at radius 3 is 2.76 bits per heavy atom. The van der Waals surface area contributed by atoms with Crippen LogP contribution in [0.15, 0.2) is 18.3 Å². The van der Waals surface area contributed by atoms with E-state index < -0.39 is 0 Å². The third kappa shape index (κ3) is 4.78. The minimum absolute atomic E-state index is 0.0753. The summed E-state index contributed by atoms with van der Waals surface area (Å²) in [5.74, 6) is 0. The minimum Gasteiger partial charge on any atom is -0.371 e. The molecule has 3 rings (SSSR count). The number of aromatic nitrogens is 1. The third-order valence-electron chi connectivity index (χ3n) is 5.81. The van der Waals surface area contributed by atoms with Crippen molar-refractivity contribution in [3.05, 3.63) is 24.0 Å². The van der Waals surface area contributed by atoms with Crippen LogP contribution in [0.4, 0.5) is 4.79 Å². The summed E-state index contributed by atoms with van der Waals surface area (Å²) in [5.41, 5.74) is 1.23. The second kappa shape index (κ2) is 8.26. The number of carbonyl (C=O) groups excluding carboxylic acids is 1. The van der Waals surface area contributed by atoms with Gasteiger partial charge in [0.05, 0.1) is 18.8 Å². The Kier molecular flexibility index (Phi) is 6.05. The lowest BCUT2D eigenvalue weighted by molar-refractivity contribution is -0.105. The van der Waals surface area contributed by atoms with E-state index in [2.05, 4.69) is 42.2 Å². The van der Waals surface area contributed by atoms with E-state index in [0.29, 0.717) is 13.2 Å². The van der Waals surface area contributed by atoms with Crippen LogP contribution >= 0.6 is 0 Å². The first-order valence-electron chi connectivity index (χ1n) is 9.88. The van der Waals surface area contributed by atoms with Gasteiger partial charge in [0.1, 0.15) is 0 Å². The van der Waals surface area contributed by atoms with E-state index in [1.54, 1.807) is 0 Å². The lowest BCUT2D eigenvalue weighted by Gasteiger charge is -2.42. The average molecular weight is 348 g/mol. The molecule has 1 unspecified atom stereocenters. The topological polar surface area (TPSA) is 46.5 Å². The molecule has 2 fully saturated rings. The van der Waals surface area contributed by atoms with E-state index >= 15 is 0 Å². The molecule has 1 saturated heterocycles. The van der Waals surface area contributed by atoms with E-state index in [0.717, 1.165) is 32.2 Å². The molecular formula is C20H33N3O2. The molecule has 1 atom stereocenters. The predicted molar refractivity (Wildman–Crippen MR) is 99.7 cm³/mol. The van der Waals surface area contributed by atoms with Gasteiger partial charge in [0.2, 0.25) is 0 Å². The van der Waals surface area contributed by atoms with Gasteiger partial charge in [0, 0.05) is 31.5 Å². The molecule has 1 spiro atoms. The Labute approximate surface area is 151 Å². The molecule has 5 nitrogen and oxygen atoms in total. The zero-order valence-corrected chi connectivity index (χ0v) is 15.8. The summed E-state index contributed by atoms with van der Waals surface area (Å²) in [7, 11) is 2.07. The van der Waals surface area contributed by atoms with Crippen LogP contribution < -0.4 is 5.32 Å². The van der Waals surface area contributed by atoms with Gasteiger partial charge >= 0.3 is 6.03 Å². The molecule has 140 valence electrons. The van der Waals surface area contributed by atoms with Gasteiger partial charge in [-0.15, -0.1) is 0 Å². The summed E-state index contributed by atoms with van der Waals surface area (Å²) in [5, 5.41) is 3.19. The Bertz CT molecular complexity index is 561. The quantitative estimate of drug-likeness (QED) is 0.906. The molecular weight excluding hydrogens is 314 g/mol. The number of hydrogen-bond acceptors (Lipinski definition) is 2. The fourth-order valence-corrected chi connectivity index (χ4v) is 4.19. The highest BCUT2D eigenvalue weighted by molar-refractivity contribution is 5.74. The highest BCUT2D eigenvalue weighted by Gasteiger charge is 2.38. The number of morpholine rings is 1. The summed E-state index contributed by atoms with van der Waals surface area (Å²) in [4.78, 5) is 14.7. The first kappa shape index (κ1) is 18.3. The SMILES string of the molecule is CC(CCc1cccn1C)NC(=O)N1CCOC2(CCCCCC2)C1. The maximum Gasteiger partial charge on any atom is 0.317 e. The lowest BCUT2D eigenvalue weighted by atomic mass is 9.92. The minimum atomic E-state index is -0.0850. The second-order valence-electron chi connectivity index (χ2n) is 7.87. The number of nitrogens with one attached hydrogen (secondary N) is 1. The summed E-state index contributed by atoms with van der Waals surface area (Å²) in [6.07, 6.45) is 11.3. The fourth-order valence-electron chi connectivity index (χ4n) is 4.19. The van der Waals surface area contributed by atoms with Gasteiger partial charge < -0.3 is 19.5 Å². The lowest BCUT2D eigenvalue weighted by Crippen LogP contribution is -2.56. The number of aryl methyl sites for hydroxylation is 2. The molecule has 1 aromatic rings. The van der Waals surface area contributed by atoms with E-state index in [1.807, 2.05) is 4.90 Å². The Hall–Kier alpha value is -1.49. The maximum atomic E-state index is 12.7. The van der Waals surface area contributed by atoms with E-state index in [9.17, 15) is 4.79 Å². The Balaban J connectivity index is 1.49. The molecule has 1 saturated carbocycles. The zero-order valence-electron chi connectivity index (χ0n) is 15.8. The summed E-state index contributed by atoms with van der Waals surface area (Å²) in [6, 6.07) is 4.46. The van der Waals surface area contributed by atoms with E-state index in [1.165, 1.54) is 31.4 Å². The average Bonchev–Trinajstić information content (AvgIpc) is 2.88. The number of carbonyl (C=O) groups is 1. The van der Waals surface area contributed by atoms with Crippen LogP contribution in [0, 0.1) is 0 Å². The molecule has 1 aliphatic carbocycles. The van der Waals surface area contributed by atoms with Gasteiger partial charge in [0.25, 0.3) is 0 Å². The standard InChI is InChI=1S/C20H33N3O2/c1-17(9-10-18-8-7-13-22(18)2)21-19(24)23-14-15-25-20(16-23)11-5-3-4-6-12-20/h7-8,13,17H,3-6,9-12,14-16H2,1-2H3,(H,21,24). The molecule has 0 aromatic carbocycles. The van der Waals surface area contributed by atoms with E-state index in [4.69, 9.17) is 4.74 Å². The van der Waals surface area contributed by atoms with Gasteiger partial charge in [-0.25, -0.2) is 4.79 Å². The van der Waals surface area contributed by atoms with Crippen LogP contribution in [0.25, 0.3) is 0 Å². The second-order valence-corrected chi connectivity index (χ2v) is 7.87. The molecule has 1 N–H and O–H groups in total. The molecule has 2 aliphatic rings. The van der Waals surface area contributed by atoms with Crippen LogP contribution in [0.2, 0.25) is 0 Å². The largest absolute Gasteiger partial charge is 0.371 e. The number of nitrogens with zero attached hydrogens (tertiary/aromatic N) is 2. The van der Waals surface area contributed by atoms with Crippen molar-refractivity contribution >= 4 is 6.03 Å². The molecule has 5 heteroatoms. The molecule has 2 heterocycles. The van der Waals surface area contributed by atoms with Gasteiger partial charge in [-0.05, 0) is 44.7 Å². The van der Waals surface area contributed by atoms with Gasteiger partial charge in [-0.1, -0.05) is 25.7 Å². The van der Waals surface area contributed by atoms with Crippen LogP contribution in [0.3, 0.4) is 0 Å². The Morgan fingerprint density at radius 1 is 1.32 bits per heavy atom. The van der Waals surface area contributed by atoms with Crippen molar-refractivity contribution in [1.82, 2.24) is 14.8 Å². The highest BCUT2D eigenvalue weighted by Crippen LogP contribution is 2.33. The molecule has 2 amide bonds. The molecule has 0 bridgehead atoms. The number of rotatable bonds is 4. The zero-order chi connectivity index (χ0) is 17.7. The Morgan fingerprint density at radius 2 is 2.08 bits per heavy atom. The normalized spacial score (nSPS) is 21.8. The third-order valence-corrected chi connectivity index (χ3v) is 5.81. The number of urea groups is 1. The van der Waals surface area contributed by atoms with Gasteiger partial charge in [-0.2, -0.15) is 0 Å². The van der Waals surface area contributed by atoms with Gasteiger partial charge in [0.15, 0.2) is 0 Å². The van der Waals surface area contributed by atoms with Crippen LogP contribution in [0.1, 0.15) is 57.6 Å². The smallest absolute Gasteiger partial charge is 0.317 e. The highest BCUT2D eigenvalue weighted by atomic mass is 16.5. The molecule has 1 aliphatic heterocycles.